The third kappa shape index (κ3) is 6.00. The molecule has 30 heavy (non-hydrogen) atoms. The second kappa shape index (κ2) is 11.3. The highest BCUT2D eigenvalue weighted by Crippen LogP contribution is 2.24. The fraction of sp³-hybridized carbons (Fsp3) is 0.318. The maximum Gasteiger partial charge on any atom is 0.316 e. The Morgan fingerprint density at radius 3 is 2.47 bits per heavy atom. The lowest BCUT2D eigenvalue weighted by Crippen LogP contribution is -2.10. The number of hydrogen-bond acceptors (Lipinski definition) is 7. The van der Waals surface area contributed by atoms with E-state index in [-0.39, 0.29) is 18.3 Å². The van der Waals surface area contributed by atoms with E-state index >= 15 is 0 Å². The second-order valence-corrected chi connectivity index (χ2v) is 7.34. The minimum Gasteiger partial charge on any atom is -0.497 e. The van der Waals surface area contributed by atoms with Gasteiger partial charge in [-0.25, -0.2) is 0 Å². The fourth-order valence-corrected chi connectivity index (χ4v) is 3.41. The van der Waals surface area contributed by atoms with Crippen molar-refractivity contribution in [2.75, 3.05) is 19.5 Å². The fourth-order valence-electron chi connectivity index (χ4n) is 2.64. The van der Waals surface area contributed by atoms with Gasteiger partial charge in [0.05, 0.1) is 19.5 Å². The van der Waals surface area contributed by atoms with Crippen molar-refractivity contribution in [2.24, 2.45) is 0 Å². The maximum atomic E-state index is 12.0. The van der Waals surface area contributed by atoms with Crippen molar-refractivity contribution < 1.29 is 19.0 Å². The molecule has 0 radical (unpaired) electrons. The van der Waals surface area contributed by atoms with Crippen LogP contribution in [-0.2, 0) is 16.1 Å². The Morgan fingerprint density at radius 2 is 1.77 bits per heavy atom. The lowest BCUT2D eigenvalue weighted by molar-refractivity contribution is -0.140. The molecule has 3 aromatic rings. The molecular weight excluding hydrogens is 402 g/mol. The van der Waals surface area contributed by atoms with Crippen LogP contribution in [0.15, 0.2) is 59.8 Å². The number of nitrogens with zero attached hydrogens (tertiary/aromatic N) is 3. The molecule has 1 heterocycles. The molecule has 0 N–H and O–H groups in total. The molecule has 3 rings (SSSR count). The quantitative estimate of drug-likeness (QED) is 0.257. The number of aromatic nitrogens is 3. The zero-order chi connectivity index (χ0) is 21.2. The van der Waals surface area contributed by atoms with E-state index < -0.39 is 0 Å². The van der Waals surface area contributed by atoms with E-state index in [0.29, 0.717) is 23.3 Å². The summed E-state index contributed by atoms with van der Waals surface area (Å²) in [5.41, 5.74) is 0.901. The average Bonchev–Trinajstić information content (AvgIpc) is 3.20. The first-order valence-electron chi connectivity index (χ1n) is 9.76. The molecule has 0 fully saturated rings. The van der Waals surface area contributed by atoms with Gasteiger partial charge in [-0.3, -0.25) is 9.36 Å². The molecule has 0 aliphatic rings. The summed E-state index contributed by atoms with van der Waals surface area (Å²) in [4.78, 5) is 12.0. The number of thioether (sulfide) groups is 1. The Morgan fingerprint density at radius 1 is 1.03 bits per heavy atom. The maximum absolute atomic E-state index is 12.0. The Kier molecular flexibility index (Phi) is 8.14. The molecule has 1 aromatic heterocycles. The first kappa shape index (κ1) is 21.7. The molecule has 0 bridgehead atoms. The number of carbonyl (C=O) groups is 1. The van der Waals surface area contributed by atoms with Crippen molar-refractivity contribution in [3.8, 4) is 17.2 Å². The van der Waals surface area contributed by atoms with Gasteiger partial charge in [-0.05, 0) is 42.8 Å². The molecule has 0 saturated carbocycles. The van der Waals surface area contributed by atoms with Gasteiger partial charge in [0.1, 0.15) is 18.1 Å². The van der Waals surface area contributed by atoms with Crippen LogP contribution in [0.4, 0.5) is 0 Å². The number of ether oxygens (including phenoxy) is 3. The molecule has 0 unspecified atom stereocenters. The van der Waals surface area contributed by atoms with E-state index in [1.807, 2.05) is 59.2 Å². The number of para-hydroxylation sites is 1. The van der Waals surface area contributed by atoms with Gasteiger partial charge < -0.3 is 14.2 Å². The average molecular weight is 428 g/mol. The largest absolute Gasteiger partial charge is 0.497 e. The molecule has 0 atom stereocenters. The van der Waals surface area contributed by atoms with Gasteiger partial charge in [0.2, 0.25) is 0 Å². The summed E-state index contributed by atoms with van der Waals surface area (Å²) in [7, 11) is 1.62. The van der Waals surface area contributed by atoms with E-state index in [2.05, 4.69) is 17.1 Å². The number of hydrogen-bond donors (Lipinski definition) is 0. The van der Waals surface area contributed by atoms with Crippen molar-refractivity contribution in [1.29, 1.82) is 0 Å². The predicted molar refractivity (Wildman–Crippen MR) is 115 cm³/mol. The molecule has 7 nitrogen and oxygen atoms in total. The first-order chi connectivity index (χ1) is 14.7. The van der Waals surface area contributed by atoms with Crippen molar-refractivity contribution in [2.45, 2.75) is 31.5 Å². The van der Waals surface area contributed by atoms with Crippen LogP contribution in [0.1, 0.15) is 25.6 Å². The van der Waals surface area contributed by atoms with Crippen LogP contribution in [-0.4, -0.2) is 40.2 Å². The van der Waals surface area contributed by atoms with Crippen LogP contribution < -0.4 is 9.47 Å². The van der Waals surface area contributed by atoms with Crippen molar-refractivity contribution in [3.05, 3.63) is 60.4 Å². The minimum atomic E-state index is -0.257. The number of unbranched alkanes of at least 4 members (excludes halogenated alkanes) is 1. The first-order valence-corrected chi connectivity index (χ1v) is 10.7. The molecular formula is C22H25N3O4S. The number of rotatable bonds is 11. The topological polar surface area (TPSA) is 75.5 Å². The summed E-state index contributed by atoms with van der Waals surface area (Å²) >= 11 is 1.30. The molecule has 0 spiro atoms. The summed E-state index contributed by atoms with van der Waals surface area (Å²) in [5.74, 6) is 2.02. The van der Waals surface area contributed by atoms with E-state index in [1.165, 1.54) is 11.8 Å². The monoisotopic (exact) mass is 427 g/mol. The second-order valence-electron chi connectivity index (χ2n) is 6.40. The number of carbonyl (C=O) groups excluding carboxylic acids is 1. The van der Waals surface area contributed by atoms with Gasteiger partial charge in [0, 0.05) is 5.69 Å². The Hall–Kier alpha value is -3.00. The number of methoxy groups -OCH3 is 1. The van der Waals surface area contributed by atoms with E-state index in [9.17, 15) is 4.79 Å². The zero-order valence-electron chi connectivity index (χ0n) is 17.1. The normalized spacial score (nSPS) is 10.6. The summed E-state index contributed by atoms with van der Waals surface area (Å²) in [6.45, 7) is 2.73. The third-order valence-corrected chi connectivity index (χ3v) is 5.12. The van der Waals surface area contributed by atoms with Gasteiger partial charge >= 0.3 is 5.97 Å². The Labute approximate surface area is 180 Å². The molecule has 8 heteroatoms. The molecule has 0 aliphatic carbocycles. The van der Waals surface area contributed by atoms with E-state index in [4.69, 9.17) is 14.2 Å². The van der Waals surface area contributed by atoms with Gasteiger partial charge in [-0.2, -0.15) is 0 Å². The number of benzene rings is 2. The van der Waals surface area contributed by atoms with Crippen molar-refractivity contribution in [1.82, 2.24) is 14.8 Å². The van der Waals surface area contributed by atoms with Gasteiger partial charge in [-0.15, -0.1) is 10.2 Å². The van der Waals surface area contributed by atoms with Crippen LogP contribution >= 0.6 is 11.8 Å². The van der Waals surface area contributed by atoms with Gasteiger partial charge in [0.25, 0.3) is 0 Å². The van der Waals surface area contributed by atoms with Crippen LogP contribution in [0, 0.1) is 0 Å². The lowest BCUT2D eigenvalue weighted by atomic mass is 10.3. The van der Waals surface area contributed by atoms with Crippen LogP contribution in [0.2, 0.25) is 0 Å². The highest BCUT2D eigenvalue weighted by atomic mass is 32.2. The van der Waals surface area contributed by atoms with Gasteiger partial charge in [-0.1, -0.05) is 43.3 Å². The zero-order valence-corrected chi connectivity index (χ0v) is 17.9. The van der Waals surface area contributed by atoms with Crippen LogP contribution in [0.5, 0.6) is 11.5 Å². The Balaban J connectivity index is 1.72. The summed E-state index contributed by atoms with van der Waals surface area (Å²) in [6, 6.07) is 17.1. The molecule has 158 valence electrons. The highest BCUT2D eigenvalue weighted by molar-refractivity contribution is 7.99. The van der Waals surface area contributed by atoms with E-state index in [0.717, 1.165) is 24.3 Å². The van der Waals surface area contributed by atoms with Gasteiger partial charge in [0.15, 0.2) is 11.0 Å². The number of esters is 1. The predicted octanol–water partition coefficient (Wildman–Crippen LogP) is 4.29. The smallest absolute Gasteiger partial charge is 0.316 e. The van der Waals surface area contributed by atoms with Crippen LogP contribution in [0.25, 0.3) is 5.69 Å². The molecule has 0 amide bonds. The lowest BCUT2D eigenvalue weighted by Gasteiger charge is -2.11. The summed E-state index contributed by atoms with van der Waals surface area (Å²) in [5, 5.41) is 9.17. The van der Waals surface area contributed by atoms with Crippen LogP contribution in [0.3, 0.4) is 0 Å². The molecule has 2 aromatic carbocycles. The standard InChI is InChI=1S/C22H25N3O4S/c1-3-4-14-28-21(26)16-30-22-24-23-20(25(22)17-8-6-5-7-9-17)15-29-19-12-10-18(27-2)11-13-19/h5-13H,3-4,14-16H2,1-2H3. The summed E-state index contributed by atoms with van der Waals surface area (Å²) < 4.78 is 18.2. The molecule has 0 aliphatic heterocycles. The Bertz CT molecular complexity index is 929. The summed E-state index contributed by atoms with van der Waals surface area (Å²) in [6.07, 6.45) is 1.85. The third-order valence-electron chi connectivity index (χ3n) is 4.22. The highest BCUT2D eigenvalue weighted by Gasteiger charge is 2.17. The minimum absolute atomic E-state index is 0.175. The van der Waals surface area contributed by atoms with Crippen molar-refractivity contribution in [3.63, 3.8) is 0 Å². The van der Waals surface area contributed by atoms with Crippen molar-refractivity contribution >= 4 is 17.7 Å². The van der Waals surface area contributed by atoms with E-state index in [1.54, 1.807) is 7.11 Å². The molecule has 0 saturated heterocycles. The SMILES string of the molecule is CCCCOC(=O)CSc1nnc(COc2ccc(OC)cc2)n1-c1ccccc1.